The Morgan fingerprint density at radius 2 is 2.50 bits per heavy atom. The van der Waals surface area contributed by atoms with Crippen molar-refractivity contribution in [3.8, 4) is 0 Å². The van der Waals surface area contributed by atoms with Crippen LogP contribution in [0.3, 0.4) is 0 Å². The molecule has 0 bridgehead atoms. The number of amides is 1. The average Bonchev–Trinajstić information content (AvgIpc) is 2.61. The summed E-state index contributed by atoms with van der Waals surface area (Å²) >= 11 is 5.87. The van der Waals surface area contributed by atoms with Crippen LogP contribution in [0, 0.1) is 0 Å². The van der Waals surface area contributed by atoms with Gasteiger partial charge in [0.1, 0.15) is 10.7 Å². The molecule has 0 saturated carbocycles. The van der Waals surface area contributed by atoms with Gasteiger partial charge in [0.2, 0.25) is 0 Å². The van der Waals surface area contributed by atoms with Gasteiger partial charge in [-0.05, 0) is 0 Å². The van der Waals surface area contributed by atoms with E-state index in [4.69, 9.17) is 12.2 Å². The van der Waals surface area contributed by atoms with Crippen molar-refractivity contribution in [3.63, 3.8) is 0 Å². The number of thioether (sulfide) groups is 1. The fraction of sp³-hybridized carbons (Fsp3) is 0.167. The van der Waals surface area contributed by atoms with Gasteiger partial charge in [-0.1, -0.05) is 24.0 Å². The molecule has 1 atom stereocenters. The summed E-state index contributed by atoms with van der Waals surface area (Å²) in [6.45, 7) is 0. The molecule has 1 amide bonds. The minimum atomic E-state index is -1.57. The van der Waals surface area contributed by atoms with Gasteiger partial charge in [-0.2, -0.15) is 5.43 Å². The lowest BCUT2D eigenvalue weighted by Crippen LogP contribution is -2.43. The Labute approximate surface area is 88.8 Å². The summed E-state index contributed by atoms with van der Waals surface area (Å²) in [5.41, 5.74) is 4.97. The molecule has 0 aliphatic carbocycles. The topological polar surface area (TPSA) is 85.8 Å². The van der Waals surface area contributed by atoms with Gasteiger partial charge in [0.15, 0.2) is 0 Å². The Hall–Kier alpha value is -0.960. The van der Waals surface area contributed by atoms with Gasteiger partial charge in [-0.15, -0.1) is 0 Å². The summed E-state index contributed by atoms with van der Waals surface area (Å²) < 4.78 is 0.375. The SMILES string of the molecule is O=C1NC(=S)SC1=CC1(O)N=CNN1. The largest absolute Gasteiger partial charge is 0.353 e. The second kappa shape index (κ2) is 3.31. The van der Waals surface area contributed by atoms with Gasteiger partial charge in [-0.3, -0.25) is 4.79 Å². The molecule has 2 aliphatic heterocycles. The number of carbonyl (C=O) groups is 1. The zero-order valence-electron chi connectivity index (χ0n) is 6.77. The first-order chi connectivity index (χ1) is 6.59. The number of hydrogen-bond donors (Lipinski definition) is 4. The molecule has 0 aromatic carbocycles. The Kier molecular flexibility index (Phi) is 2.27. The number of hydrogen-bond acceptors (Lipinski definition) is 7. The predicted molar refractivity (Wildman–Crippen MR) is 56.1 cm³/mol. The number of aliphatic imine (C=N–C) groups is 1. The van der Waals surface area contributed by atoms with E-state index >= 15 is 0 Å². The van der Waals surface area contributed by atoms with Crippen LogP contribution in [0.15, 0.2) is 16.0 Å². The van der Waals surface area contributed by atoms with E-state index in [1.807, 2.05) is 0 Å². The molecule has 1 unspecified atom stereocenters. The van der Waals surface area contributed by atoms with Crippen molar-refractivity contribution in [1.29, 1.82) is 0 Å². The van der Waals surface area contributed by atoms with Crippen LogP contribution < -0.4 is 16.2 Å². The molecule has 6 nitrogen and oxygen atoms in total. The highest BCUT2D eigenvalue weighted by Gasteiger charge is 2.31. The van der Waals surface area contributed by atoms with Crippen LogP contribution >= 0.6 is 24.0 Å². The van der Waals surface area contributed by atoms with Crippen LogP contribution in [0.4, 0.5) is 0 Å². The van der Waals surface area contributed by atoms with Crippen molar-refractivity contribution in [2.24, 2.45) is 4.99 Å². The van der Waals surface area contributed by atoms with E-state index in [0.717, 1.165) is 11.8 Å². The van der Waals surface area contributed by atoms with Crippen molar-refractivity contribution < 1.29 is 9.90 Å². The fourth-order valence-electron chi connectivity index (χ4n) is 0.979. The molecule has 2 rings (SSSR count). The van der Waals surface area contributed by atoms with Crippen molar-refractivity contribution in [2.45, 2.75) is 5.85 Å². The van der Waals surface area contributed by atoms with Crippen molar-refractivity contribution in [2.75, 3.05) is 0 Å². The minimum Gasteiger partial charge on any atom is -0.353 e. The summed E-state index contributed by atoms with van der Waals surface area (Å²) in [4.78, 5) is 15.2. The van der Waals surface area contributed by atoms with E-state index in [1.165, 1.54) is 12.4 Å². The maximum absolute atomic E-state index is 11.2. The molecule has 74 valence electrons. The number of hydrazine groups is 1. The van der Waals surface area contributed by atoms with Crippen LogP contribution in [0.5, 0.6) is 0 Å². The standard InChI is InChI=1S/C6H6N4O2S2/c11-4-3(14-5(13)9-4)1-6(12)7-2-8-10-6/h1-2,10,12H,(H,7,8)(H,9,11,13). The highest BCUT2D eigenvalue weighted by molar-refractivity contribution is 8.26. The summed E-state index contributed by atoms with van der Waals surface area (Å²) in [5.74, 6) is -1.89. The van der Waals surface area contributed by atoms with Crippen LogP contribution in [0.25, 0.3) is 0 Å². The predicted octanol–water partition coefficient (Wildman–Crippen LogP) is -1.20. The molecule has 0 aromatic heterocycles. The van der Waals surface area contributed by atoms with E-state index in [-0.39, 0.29) is 5.91 Å². The molecule has 14 heavy (non-hydrogen) atoms. The van der Waals surface area contributed by atoms with E-state index in [0.29, 0.717) is 9.23 Å². The molecule has 0 aromatic rings. The van der Waals surface area contributed by atoms with Gasteiger partial charge in [0.05, 0.1) is 4.91 Å². The lowest BCUT2D eigenvalue weighted by Gasteiger charge is -2.13. The first-order valence-corrected chi connectivity index (χ1v) is 4.86. The van der Waals surface area contributed by atoms with Crippen molar-refractivity contribution in [1.82, 2.24) is 16.2 Å². The maximum atomic E-state index is 11.2. The number of rotatable bonds is 1. The molecule has 8 heteroatoms. The van der Waals surface area contributed by atoms with Gasteiger partial charge < -0.3 is 15.8 Å². The molecule has 4 N–H and O–H groups in total. The van der Waals surface area contributed by atoms with Crippen LogP contribution in [0.2, 0.25) is 0 Å². The molecule has 1 saturated heterocycles. The molecule has 0 radical (unpaired) electrons. The summed E-state index contributed by atoms with van der Waals surface area (Å²) in [5, 5.41) is 12.1. The van der Waals surface area contributed by atoms with E-state index in [1.54, 1.807) is 0 Å². The minimum absolute atomic E-state index is 0.322. The lowest BCUT2D eigenvalue weighted by atomic mass is 10.3. The van der Waals surface area contributed by atoms with Crippen LogP contribution in [-0.2, 0) is 4.79 Å². The van der Waals surface area contributed by atoms with Crippen LogP contribution in [-0.4, -0.2) is 27.5 Å². The van der Waals surface area contributed by atoms with Crippen LogP contribution in [0.1, 0.15) is 0 Å². The molecule has 1 fully saturated rings. The molecule has 2 aliphatic rings. The fourth-order valence-corrected chi connectivity index (χ4v) is 2.05. The second-order valence-corrected chi connectivity index (χ2v) is 4.32. The number of nitrogens with one attached hydrogen (secondary N) is 3. The van der Waals surface area contributed by atoms with Crippen molar-refractivity contribution in [3.05, 3.63) is 11.0 Å². The van der Waals surface area contributed by atoms with Gasteiger partial charge >= 0.3 is 0 Å². The van der Waals surface area contributed by atoms with Gasteiger partial charge in [0, 0.05) is 6.08 Å². The highest BCUT2D eigenvalue weighted by atomic mass is 32.2. The first kappa shape index (κ1) is 9.59. The first-order valence-electron chi connectivity index (χ1n) is 3.64. The van der Waals surface area contributed by atoms with Crippen molar-refractivity contribution >= 4 is 40.5 Å². The summed E-state index contributed by atoms with van der Waals surface area (Å²) in [6, 6.07) is 0. The highest BCUT2D eigenvalue weighted by Crippen LogP contribution is 2.25. The summed E-state index contributed by atoms with van der Waals surface area (Å²) in [6.07, 6.45) is 2.59. The third-order valence-electron chi connectivity index (χ3n) is 1.56. The average molecular weight is 230 g/mol. The van der Waals surface area contributed by atoms with Gasteiger partial charge in [-0.25, -0.2) is 4.99 Å². The smallest absolute Gasteiger partial charge is 0.263 e. The molecule has 2 heterocycles. The summed E-state index contributed by atoms with van der Waals surface area (Å²) in [7, 11) is 0. The quantitative estimate of drug-likeness (QED) is 0.334. The Morgan fingerprint density at radius 1 is 1.71 bits per heavy atom. The van der Waals surface area contributed by atoms with E-state index < -0.39 is 5.85 Å². The third kappa shape index (κ3) is 1.77. The number of thiocarbonyl (C=S) groups is 1. The Bertz CT molecular complexity index is 367. The number of nitrogens with zero attached hydrogens (tertiary/aromatic N) is 1. The normalized spacial score (nSPS) is 33.6. The molecular formula is C6H6N4O2S2. The monoisotopic (exact) mass is 230 g/mol. The van der Waals surface area contributed by atoms with E-state index in [9.17, 15) is 9.90 Å². The lowest BCUT2D eigenvalue weighted by molar-refractivity contribution is -0.115. The third-order valence-corrected chi connectivity index (χ3v) is 2.72. The Balaban J connectivity index is 2.22. The second-order valence-electron chi connectivity index (χ2n) is 2.61. The zero-order valence-corrected chi connectivity index (χ0v) is 8.41. The maximum Gasteiger partial charge on any atom is 0.263 e. The molecular weight excluding hydrogens is 224 g/mol. The van der Waals surface area contributed by atoms with Gasteiger partial charge in [0.25, 0.3) is 11.8 Å². The number of aliphatic hydroxyl groups is 1. The van der Waals surface area contributed by atoms with E-state index in [2.05, 4.69) is 21.2 Å². The number of carbonyl (C=O) groups excluding carboxylic acids is 1. The zero-order chi connectivity index (χ0) is 10.2. The molecule has 0 spiro atoms. The Morgan fingerprint density at radius 3 is 3.00 bits per heavy atom.